The van der Waals surface area contributed by atoms with Crippen LogP contribution < -0.4 is 10.1 Å². The standard InChI is InChI=1S/C9H11NO2/c1-7(11)10-8-3-5-9(12-2)6-4-8/h3-6H,1-2H3,(H,10,11)/i1D3. The normalized spacial score (nSPS) is 13.9. The Labute approximate surface area is 75.6 Å². The molecule has 1 rings (SSSR count). The summed E-state index contributed by atoms with van der Waals surface area (Å²) in [6.45, 7) is -2.63. The molecule has 0 heterocycles. The molecule has 0 bridgehead atoms. The predicted octanol–water partition coefficient (Wildman–Crippen LogP) is 1.65. The summed E-state index contributed by atoms with van der Waals surface area (Å²) in [4.78, 5) is 11.1. The SMILES string of the molecule is [2H]C([2H])([2H])C(=O)Nc1ccc(OC)cc1. The number of nitrogens with one attached hydrogen (secondary N) is 1. The maximum atomic E-state index is 11.1. The van der Waals surface area contributed by atoms with Crippen LogP contribution in [0.5, 0.6) is 5.75 Å². The van der Waals surface area contributed by atoms with Crippen molar-refractivity contribution in [2.24, 2.45) is 0 Å². The molecule has 0 saturated carbocycles. The first kappa shape index (κ1) is 5.19. The molecule has 0 saturated heterocycles. The number of carbonyl (C=O) groups excluding carboxylic acids is 1. The van der Waals surface area contributed by atoms with Crippen molar-refractivity contribution in [2.75, 3.05) is 12.4 Å². The molecule has 3 heteroatoms. The van der Waals surface area contributed by atoms with Gasteiger partial charge in [-0.05, 0) is 24.3 Å². The third kappa shape index (κ3) is 2.27. The van der Waals surface area contributed by atoms with E-state index in [0.29, 0.717) is 11.4 Å². The first-order valence-electron chi connectivity index (χ1n) is 4.89. The zero-order valence-corrected chi connectivity index (χ0v) is 6.63. The fourth-order valence-corrected chi connectivity index (χ4v) is 0.805. The van der Waals surface area contributed by atoms with Crippen LogP contribution >= 0.6 is 0 Å². The largest absolute Gasteiger partial charge is 0.497 e. The van der Waals surface area contributed by atoms with Crippen molar-refractivity contribution in [3.8, 4) is 5.75 Å². The van der Waals surface area contributed by atoms with Gasteiger partial charge >= 0.3 is 0 Å². The molecule has 0 spiro atoms. The molecule has 0 radical (unpaired) electrons. The van der Waals surface area contributed by atoms with Gasteiger partial charge in [0.05, 0.1) is 7.11 Å². The van der Waals surface area contributed by atoms with E-state index < -0.39 is 12.8 Å². The molecule has 1 aromatic carbocycles. The highest BCUT2D eigenvalue weighted by molar-refractivity contribution is 5.88. The van der Waals surface area contributed by atoms with E-state index in [4.69, 9.17) is 8.85 Å². The Balaban J connectivity index is 2.70. The molecule has 1 aromatic rings. The van der Waals surface area contributed by atoms with Crippen LogP contribution in [-0.4, -0.2) is 13.0 Å². The minimum absolute atomic E-state index is 0.428. The smallest absolute Gasteiger partial charge is 0.221 e. The van der Waals surface area contributed by atoms with Crippen LogP contribution in [0, 0.1) is 0 Å². The van der Waals surface area contributed by atoms with Crippen LogP contribution in [0.25, 0.3) is 0 Å². The molecule has 0 atom stereocenters. The van der Waals surface area contributed by atoms with E-state index >= 15 is 0 Å². The second-order valence-electron chi connectivity index (χ2n) is 2.18. The summed E-state index contributed by atoms with van der Waals surface area (Å²) in [7, 11) is 1.52. The van der Waals surface area contributed by atoms with Crippen molar-refractivity contribution in [2.45, 2.75) is 6.85 Å². The van der Waals surface area contributed by atoms with E-state index in [1.54, 1.807) is 24.3 Å². The lowest BCUT2D eigenvalue weighted by Crippen LogP contribution is -2.05. The summed E-state index contributed by atoms with van der Waals surface area (Å²) in [6, 6.07) is 6.41. The monoisotopic (exact) mass is 168 g/mol. The van der Waals surface area contributed by atoms with Gasteiger partial charge in [-0.3, -0.25) is 4.79 Å². The summed E-state index contributed by atoms with van der Waals surface area (Å²) >= 11 is 0. The minimum Gasteiger partial charge on any atom is -0.497 e. The number of rotatable bonds is 2. The van der Waals surface area contributed by atoms with Crippen molar-refractivity contribution in [1.29, 1.82) is 0 Å². The predicted molar refractivity (Wildman–Crippen MR) is 47.3 cm³/mol. The number of methoxy groups -OCH3 is 1. The lowest BCUT2D eigenvalue weighted by Gasteiger charge is -2.02. The Kier molecular flexibility index (Phi) is 1.63. The van der Waals surface area contributed by atoms with Crippen LogP contribution in [0.1, 0.15) is 11.0 Å². The second kappa shape index (κ2) is 3.76. The number of ether oxygens (including phenoxy) is 1. The maximum absolute atomic E-state index is 11.1. The second-order valence-corrected chi connectivity index (χ2v) is 2.18. The van der Waals surface area contributed by atoms with Crippen LogP contribution in [0.4, 0.5) is 5.69 Å². The molecule has 0 aliphatic carbocycles. The summed E-state index contributed by atoms with van der Waals surface area (Å²) in [5.41, 5.74) is 0.428. The number of amides is 1. The Hall–Kier alpha value is -1.51. The fraction of sp³-hybridized carbons (Fsp3) is 0.222. The minimum atomic E-state index is -2.63. The quantitative estimate of drug-likeness (QED) is 0.729. The lowest BCUT2D eigenvalue weighted by molar-refractivity contribution is -0.114. The molecule has 1 amide bonds. The van der Waals surface area contributed by atoms with E-state index in [1.807, 2.05) is 0 Å². The molecule has 64 valence electrons. The van der Waals surface area contributed by atoms with Crippen molar-refractivity contribution in [1.82, 2.24) is 0 Å². The first-order chi connectivity index (χ1) is 6.93. The number of hydrogen-bond acceptors (Lipinski definition) is 2. The van der Waals surface area contributed by atoms with E-state index in [1.165, 1.54) is 7.11 Å². The maximum Gasteiger partial charge on any atom is 0.221 e. The molecule has 0 aromatic heterocycles. The van der Waals surface area contributed by atoms with Gasteiger partial charge in [0.2, 0.25) is 5.91 Å². The van der Waals surface area contributed by atoms with E-state index in [-0.39, 0.29) is 0 Å². The number of carbonyl (C=O) groups is 1. The van der Waals surface area contributed by atoms with Gasteiger partial charge in [-0.15, -0.1) is 0 Å². The molecule has 1 N–H and O–H groups in total. The molecule has 0 aliphatic heterocycles. The van der Waals surface area contributed by atoms with Gasteiger partial charge in [-0.1, -0.05) is 0 Å². The molecule has 12 heavy (non-hydrogen) atoms. The van der Waals surface area contributed by atoms with Gasteiger partial charge < -0.3 is 10.1 Å². The Morgan fingerprint density at radius 1 is 1.50 bits per heavy atom. The average molecular weight is 168 g/mol. The van der Waals surface area contributed by atoms with Crippen LogP contribution in [-0.2, 0) is 4.79 Å². The van der Waals surface area contributed by atoms with Crippen molar-refractivity contribution in [3.05, 3.63) is 24.3 Å². The molecule has 0 unspecified atom stereocenters. The van der Waals surface area contributed by atoms with E-state index in [2.05, 4.69) is 5.32 Å². The highest BCUT2D eigenvalue weighted by Gasteiger charge is 1.94. The van der Waals surface area contributed by atoms with Crippen LogP contribution in [0.2, 0.25) is 0 Å². The fourth-order valence-electron chi connectivity index (χ4n) is 0.805. The summed E-state index contributed by atoms with van der Waals surface area (Å²) in [5.74, 6) is -0.352. The van der Waals surface area contributed by atoms with Crippen molar-refractivity contribution in [3.63, 3.8) is 0 Å². The van der Waals surface area contributed by atoms with Crippen molar-refractivity contribution < 1.29 is 13.6 Å². The summed E-state index contributed by atoms with van der Waals surface area (Å²) in [6.07, 6.45) is 0. The van der Waals surface area contributed by atoms with E-state index in [0.717, 1.165) is 0 Å². The number of benzene rings is 1. The van der Waals surface area contributed by atoms with Gasteiger partial charge in [0.25, 0.3) is 0 Å². The third-order valence-corrected chi connectivity index (χ3v) is 1.35. The third-order valence-electron chi connectivity index (χ3n) is 1.35. The highest BCUT2D eigenvalue weighted by Crippen LogP contribution is 2.14. The molecule has 0 aliphatic rings. The molecular weight excluding hydrogens is 154 g/mol. The summed E-state index contributed by atoms with van der Waals surface area (Å²) in [5, 5.41) is 2.28. The molecule has 0 fully saturated rings. The molecule has 3 nitrogen and oxygen atoms in total. The zero-order chi connectivity index (χ0) is 11.5. The molecular formula is C9H11NO2. The van der Waals surface area contributed by atoms with Gasteiger partial charge in [0.1, 0.15) is 5.75 Å². The van der Waals surface area contributed by atoms with E-state index in [9.17, 15) is 4.79 Å². The lowest BCUT2D eigenvalue weighted by atomic mass is 10.3. The average Bonchev–Trinajstić information content (AvgIpc) is 2.17. The Bertz CT molecular complexity index is 345. The van der Waals surface area contributed by atoms with Gasteiger partial charge in [0.15, 0.2) is 0 Å². The Morgan fingerprint density at radius 2 is 2.17 bits per heavy atom. The van der Waals surface area contributed by atoms with Gasteiger partial charge in [-0.25, -0.2) is 0 Å². The van der Waals surface area contributed by atoms with Crippen molar-refractivity contribution >= 4 is 11.6 Å². The highest BCUT2D eigenvalue weighted by atomic mass is 16.5. The van der Waals surface area contributed by atoms with Gasteiger partial charge in [0, 0.05) is 16.7 Å². The first-order valence-corrected chi connectivity index (χ1v) is 3.39. The Morgan fingerprint density at radius 3 is 2.67 bits per heavy atom. The zero-order valence-electron chi connectivity index (χ0n) is 9.63. The topological polar surface area (TPSA) is 38.3 Å². The van der Waals surface area contributed by atoms with Crippen LogP contribution in [0.15, 0.2) is 24.3 Å². The number of anilines is 1. The van der Waals surface area contributed by atoms with Gasteiger partial charge in [-0.2, -0.15) is 0 Å². The van der Waals surface area contributed by atoms with Crippen LogP contribution in [0.3, 0.4) is 0 Å². The summed E-state index contributed by atoms with van der Waals surface area (Å²) < 4.78 is 25.5. The number of hydrogen-bond donors (Lipinski definition) is 1.